The predicted octanol–water partition coefficient (Wildman–Crippen LogP) is 2.34. The largest absolute Gasteiger partial charge is 0.304 e. The van der Waals surface area contributed by atoms with Crippen LogP contribution >= 0.6 is 23.2 Å². The minimum atomic E-state index is -0.508. The van der Waals surface area contributed by atoms with Crippen molar-refractivity contribution in [1.29, 1.82) is 0 Å². The number of nitrogens with zero attached hydrogens (tertiary/aromatic N) is 1. The van der Waals surface area contributed by atoms with E-state index in [-0.39, 0.29) is 5.88 Å². The van der Waals surface area contributed by atoms with Crippen molar-refractivity contribution in [1.82, 2.24) is 4.90 Å². The molecule has 0 heterocycles. The van der Waals surface area contributed by atoms with Crippen LogP contribution in [0.25, 0.3) is 0 Å². The Morgan fingerprint density at radius 3 is 1.42 bits per heavy atom. The van der Waals surface area contributed by atoms with Crippen LogP contribution in [-0.2, 0) is 4.79 Å². The topological polar surface area (TPSA) is 20.3 Å². The van der Waals surface area contributed by atoms with Crippen LogP contribution in [0.4, 0.5) is 0 Å². The summed E-state index contributed by atoms with van der Waals surface area (Å²) < 4.78 is 0. The van der Waals surface area contributed by atoms with Crippen LogP contribution in [0.2, 0.25) is 0 Å². The van der Waals surface area contributed by atoms with E-state index in [9.17, 15) is 4.79 Å². The van der Waals surface area contributed by atoms with Crippen molar-refractivity contribution >= 4 is 28.4 Å². The van der Waals surface area contributed by atoms with Gasteiger partial charge in [-0.1, -0.05) is 20.8 Å². The predicted molar refractivity (Wildman–Crippen MR) is 55.0 cm³/mol. The summed E-state index contributed by atoms with van der Waals surface area (Å²) in [5.74, 6) is -0.0957. The molecule has 12 heavy (non-hydrogen) atoms. The molecule has 74 valence electrons. The fraction of sp³-hybridized carbons (Fsp3) is 0.875. The summed E-state index contributed by atoms with van der Waals surface area (Å²) in [7, 11) is 0. The first kappa shape index (κ1) is 14.7. The van der Waals surface area contributed by atoms with E-state index in [1.165, 1.54) is 19.6 Å². The molecule has 0 aliphatic heterocycles. The van der Waals surface area contributed by atoms with E-state index in [1.54, 1.807) is 0 Å². The second-order valence-electron chi connectivity index (χ2n) is 2.11. The molecule has 0 aromatic carbocycles. The van der Waals surface area contributed by atoms with Crippen molar-refractivity contribution in [2.75, 3.05) is 25.5 Å². The number of hydrogen-bond acceptors (Lipinski definition) is 2. The monoisotopic (exact) mass is 213 g/mol. The Labute approximate surface area is 84.8 Å². The van der Waals surface area contributed by atoms with Crippen LogP contribution < -0.4 is 0 Å². The van der Waals surface area contributed by atoms with Gasteiger partial charge in [-0.25, -0.2) is 0 Å². The lowest BCUT2D eigenvalue weighted by Gasteiger charge is -2.13. The fourth-order valence-electron chi connectivity index (χ4n) is 0.671. The number of halogens is 2. The van der Waals surface area contributed by atoms with Crippen molar-refractivity contribution < 1.29 is 4.79 Å². The van der Waals surface area contributed by atoms with E-state index < -0.39 is 5.24 Å². The Morgan fingerprint density at radius 1 is 1.17 bits per heavy atom. The van der Waals surface area contributed by atoms with Crippen LogP contribution in [0.15, 0.2) is 0 Å². The molecule has 0 saturated heterocycles. The zero-order chi connectivity index (χ0) is 9.98. The minimum Gasteiger partial charge on any atom is -0.304 e. The van der Waals surface area contributed by atoms with Gasteiger partial charge in [0, 0.05) is 0 Å². The van der Waals surface area contributed by atoms with Crippen LogP contribution in [0.1, 0.15) is 20.8 Å². The highest BCUT2D eigenvalue weighted by atomic mass is 35.5. The number of carbonyl (C=O) groups excluding carboxylic acids is 1. The summed E-state index contributed by atoms with van der Waals surface area (Å²) in [6.07, 6.45) is 0. The summed E-state index contributed by atoms with van der Waals surface area (Å²) >= 11 is 9.55. The molecule has 0 atom stereocenters. The molecule has 0 saturated carbocycles. The highest BCUT2D eigenvalue weighted by Crippen LogP contribution is 1.81. The van der Waals surface area contributed by atoms with Crippen molar-refractivity contribution in [2.24, 2.45) is 0 Å². The lowest BCUT2D eigenvalue weighted by atomic mass is 10.5. The van der Waals surface area contributed by atoms with Gasteiger partial charge in [0.1, 0.15) is 0 Å². The van der Waals surface area contributed by atoms with Gasteiger partial charge in [-0.2, -0.15) is 0 Å². The summed E-state index contributed by atoms with van der Waals surface area (Å²) in [6.45, 7) is 10.1. The Balaban J connectivity index is 0. The molecule has 0 spiro atoms. The molecular weight excluding hydrogens is 197 g/mol. The van der Waals surface area contributed by atoms with Gasteiger partial charge < -0.3 is 4.90 Å². The second-order valence-corrected chi connectivity index (χ2v) is 2.80. The summed E-state index contributed by atoms with van der Waals surface area (Å²) in [5.41, 5.74) is 0. The molecule has 0 rings (SSSR count). The first-order chi connectivity index (χ1) is 5.62. The molecule has 0 fully saturated rings. The highest BCUT2D eigenvalue weighted by Gasteiger charge is 1.89. The van der Waals surface area contributed by atoms with E-state index in [0.29, 0.717) is 0 Å². The van der Waals surface area contributed by atoms with Crippen molar-refractivity contribution in [3.05, 3.63) is 0 Å². The molecule has 0 aromatic rings. The minimum absolute atomic E-state index is 0.0957. The van der Waals surface area contributed by atoms with Crippen LogP contribution in [0, 0.1) is 0 Å². The van der Waals surface area contributed by atoms with Gasteiger partial charge in [0.05, 0.1) is 5.88 Å². The number of hydrogen-bond donors (Lipinski definition) is 0. The maximum Gasteiger partial charge on any atom is 0.236 e. The first-order valence-electron chi connectivity index (χ1n) is 4.08. The second kappa shape index (κ2) is 11.2. The molecule has 0 radical (unpaired) electrons. The van der Waals surface area contributed by atoms with Crippen molar-refractivity contribution in [2.45, 2.75) is 20.8 Å². The highest BCUT2D eigenvalue weighted by molar-refractivity contribution is 6.67. The zero-order valence-electron chi connectivity index (χ0n) is 7.94. The van der Waals surface area contributed by atoms with Gasteiger partial charge in [0.2, 0.25) is 5.24 Å². The molecule has 0 N–H and O–H groups in total. The van der Waals surface area contributed by atoms with Crippen LogP contribution in [0.3, 0.4) is 0 Å². The van der Waals surface area contributed by atoms with Crippen LogP contribution in [-0.4, -0.2) is 35.7 Å². The quantitative estimate of drug-likeness (QED) is 0.528. The maximum absolute atomic E-state index is 9.45. The molecule has 0 amide bonds. The summed E-state index contributed by atoms with van der Waals surface area (Å²) in [5, 5.41) is -0.508. The van der Waals surface area contributed by atoms with Crippen LogP contribution in [0.5, 0.6) is 0 Å². The number of carbonyl (C=O) groups is 1. The third-order valence-electron chi connectivity index (χ3n) is 1.45. The third kappa shape index (κ3) is 12.8. The molecule has 0 aliphatic rings. The van der Waals surface area contributed by atoms with E-state index in [4.69, 9.17) is 23.2 Å². The van der Waals surface area contributed by atoms with Gasteiger partial charge in [-0.05, 0) is 31.2 Å². The van der Waals surface area contributed by atoms with E-state index in [1.807, 2.05) is 0 Å². The molecule has 0 aromatic heterocycles. The Morgan fingerprint density at radius 2 is 1.42 bits per heavy atom. The molecule has 2 nitrogen and oxygen atoms in total. The van der Waals surface area contributed by atoms with Gasteiger partial charge in [-0.3, -0.25) is 4.79 Å². The number of alkyl halides is 1. The average molecular weight is 214 g/mol. The summed E-state index contributed by atoms with van der Waals surface area (Å²) in [6, 6.07) is 0. The van der Waals surface area contributed by atoms with E-state index in [0.717, 1.165) is 0 Å². The molecule has 0 bridgehead atoms. The van der Waals surface area contributed by atoms with E-state index in [2.05, 4.69) is 25.7 Å². The lowest BCUT2D eigenvalue weighted by Crippen LogP contribution is -2.21. The Bertz CT molecular complexity index is 99.7. The van der Waals surface area contributed by atoms with Crippen molar-refractivity contribution in [3.63, 3.8) is 0 Å². The summed E-state index contributed by atoms with van der Waals surface area (Å²) in [4.78, 5) is 11.8. The molecule has 0 aliphatic carbocycles. The SMILES string of the molecule is CCN(CC)CC.O=C(Cl)CCl. The zero-order valence-corrected chi connectivity index (χ0v) is 9.45. The third-order valence-corrected chi connectivity index (χ3v) is 1.96. The smallest absolute Gasteiger partial charge is 0.236 e. The first-order valence-corrected chi connectivity index (χ1v) is 5.00. The van der Waals surface area contributed by atoms with Gasteiger partial charge >= 0.3 is 0 Å². The Hall–Kier alpha value is 0.210. The standard InChI is InChI=1S/C6H15N.C2H2Cl2O/c1-4-7(5-2)6-3;3-1-2(4)5/h4-6H2,1-3H3;1H2. The molecule has 4 heteroatoms. The molecule has 0 unspecified atom stereocenters. The maximum atomic E-state index is 9.45. The molecular formula is C8H17Cl2NO. The van der Waals surface area contributed by atoms with Gasteiger partial charge in [-0.15, -0.1) is 11.6 Å². The van der Waals surface area contributed by atoms with Gasteiger partial charge in [0.25, 0.3) is 0 Å². The van der Waals surface area contributed by atoms with E-state index >= 15 is 0 Å². The fourth-order valence-corrected chi connectivity index (χ4v) is 0.671. The van der Waals surface area contributed by atoms with Gasteiger partial charge in [0.15, 0.2) is 0 Å². The number of rotatable bonds is 4. The average Bonchev–Trinajstić information content (AvgIpc) is 2.09. The lowest BCUT2D eigenvalue weighted by molar-refractivity contribution is -0.109. The Kier molecular flexibility index (Phi) is 13.7. The normalized spacial score (nSPS) is 9.17. The van der Waals surface area contributed by atoms with Crippen molar-refractivity contribution in [3.8, 4) is 0 Å².